The van der Waals surface area contributed by atoms with Gasteiger partial charge in [0, 0.05) is 23.6 Å². The van der Waals surface area contributed by atoms with Crippen molar-refractivity contribution in [1.82, 2.24) is 4.57 Å². The van der Waals surface area contributed by atoms with Gasteiger partial charge in [0.2, 0.25) is 0 Å². The number of nitrogens with zero attached hydrogens (tertiary/aromatic N) is 1. The normalized spacial score (nSPS) is 10.8. The molecule has 1 heterocycles. The lowest BCUT2D eigenvalue weighted by molar-refractivity contribution is 0.0696. The topological polar surface area (TPSA) is 71.3 Å². The standard InChI is InChI=1S/C18H15ClN2O3/c1-10-3-8-14-13(16(10)19)9-15(21(14)2)17(22)20-12-6-4-11(5-7-12)18(23)24/h3-9H,1-2H3,(H,20,22)(H,23,24). The number of rotatable bonds is 3. The van der Waals surface area contributed by atoms with Gasteiger partial charge in [-0.3, -0.25) is 4.79 Å². The van der Waals surface area contributed by atoms with Crippen molar-refractivity contribution < 1.29 is 14.7 Å². The molecule has 2 N–H and O–H groups in total. The number of amides is 1. The highest BCUT2D eigenvalue weighted by atomic mass is 35.5. The summed E-state index contributed by atoms with van der Waals surface area (Å²) in [6.07, 6.45) is 0. The van der Waals surface area contributed by atoms with Crippen LogP contribution in [0.2, 0.25) is 5.02 Å². The van der Waals surface area contributed by atoms with Crippen LogP contribution in [0.25, 0.3) is 10.9 Å². The van der Waals surface area contributed by atoms with Crippen LogP contribution in [0.1, 0.15) is 26.4 Å². The van der Waals surface area contributed by atoms with Gasteiger partial charge in [-0.05, 0) is 48.9 Å². The number of aromatic nitrogens is 1. The molecule has 2 aromatic carbocycles. The van der Waals surface area contributed by atoms with Crippen LogP contribution in [-0.2, 0) is 7.05 Å². The van der Waals surface area contributed by atoms with Crippen LogP contribution in [0.4, 0.5) is 5.69 Å². The third-order valence-corrected chi connectivity index (χ3v) is 4.48. The number of carboxylic acids is 1. The summed E-state index contributed by atoms with van der Waals surface area (Å²) >= 11 is 6.32. The summed E-state index contributed by atoms with van der Waals surface area (Å²) in [6.45, 7) is 1.92. The number of halogens is 1. The first-order chi connectivity index (χ1) is 11.4. The summed E-state index contributed by atoms with van der Waals surface area (Å²) in [4.78, 5) is 23.4. The van der Waals surface area contributed by atoms with Gasteiger partial charge in [0.25, 0.3) is 5.91 Å². The first-order valence-electron chi connectivity index (χ1n) is 7.27. The Hall–Kier alpha value is -2.79. The molecule has 6 heteroatoms. The van der Waals surface area contributed by atoms with Crippen LogP contribution in [0.15, 0.2) is 42.5 Å². The Labute approximate surface area is 143 Å². The Morgan fingerprint density at radius 1 is 1.12 bits per heavy atom. The number of hydrogen-bond donors (Lipinski definition) is 2. The van der Waals surface area contributed by atoms with E-state index < -0.39 is 5.97 Å². The summed E-state index contributed by atoms with van der Waals surface area (Å²) in [5.41, 5.74) is 2.99. The van der Waals surface area contributed by atoms with Crippen molar-refractivity contribution in [2.45, 2.75) is 6.92 Å². The smallest absolute Gasteiger partial charge is 0.335 e. The summed E-state index contributed by atoms with van der Waals surface area (Å²) in [7, 11) is 1.80. The van der Waals surface area contributed by atoms with E-state index >= 15 is 0 Å². The van der Waals surface area contributed by atoms with E-state index in [1.807, 2.05) is 19.1 Å². The number of hydrogen-bond acceptors (Lipinski definition) is 2. The SMILES string of the molecule is Cc1ccc2c(cc(C(=O)Nc3ccc(C(=O)O)cc3)n2C)c1Cl. The highest BCUT2D eigenvalue weighted by molar-refractivity contribution is 6.36. The van der Waals surface area contributed by atoms with Gasteiger partial charge >= 0.3 is 5.97 Å². The fourth-order valence-corrected chi connectivity index (χ4v) is 2.81. The minimum atomic E-state index is -1.01. The highest BCUT2D eigenvalue weighted by Gasteiger charge is 2.16. The van der Waals surface area contributed by atoms with Gasteiger partial charge in [0.1, 0.15) is 5.69 Å². The summed E-state index contributed by atoms with van der Waals surface area (Å²) < 4.78 is 1.78. The lowest BCUT2D eigenvalue weighted by atomic mass is 10.2. The Balaban J connectivity index is 1.92. The molecule has 0 atom stereocenters. The van der Waals surface area contributed by atoms with E-state index in [-0.39, 0.29) is 11.5 Å². The van der Waals surface area contributed by atoms with E-state index in [9.17, 15) is 9.59 Å². The molecule has 0 unspecified atom stereocenters. The zero-order chi connectivity index (χ0) is 17.4. The van der Waals surface area contributed by atoms with Crippen molar-refractivity contribution in [3.63, 3.8) is 0 Å². The number of carbonyl (C=O) groups is 2. The molecule has 122 valence electrons. The number of anilines is 1. The number of nitrogens with one attached hydrogen (secondary N) is 1. The van der Waals surface area contributed by atoms with E-state index in [0.717, 1.165) is 16.5 Å². The largest absolute Gasteiger partial charge is 0.478 e. The predicted octanol–water partition coefficient (Wildman–Crippen LogP) is 4.09. The molecule has 0 aliphatic heterocycles. The van der Waals surface area contributed by atoms with Crippen LogP contribution in [0, 0.1) is 6.92 Å². The van der Waals surface area contributed by atoms with E-state index in [2.05, 4.69) is 5.32 Å². The molecule has 0 aliphatic rings. The molecule has 0 saturated carbocycles. The number of aryl methyl sites for hydroxylation is 2. The molecule has 1 amide bonds. The maximum absolute atomic E-state index is 12.5. The molecule has 0 saturated heterocycles. The van der Waals surface area contributed by atoms with Crippen molar-refractivity contribution >= 4 is 40.1 Å². The summed E-state index contributed by atoms with van der Waals surface area (Å²) in [5, 5.41) is 13.1. The lowest BCUT2D eigenvalue weighted by Crippen LogP contribution is -2.15. The molecule has 24 heavy (non-hydrogen) atoms. The molecule has 3 rings (SSSR count). The van der Waals surface area contributed by atoms with Crippen molar-refractivity contribution in [3.8, 4) is 0 Å². The van der Waals surface area contributed by atoms with Crippen LogP contribution in [0.3, 0.4) is 0 Å². The van der Waals surface area contributed by atoms with Crippen molar-refractivity contribution in [1.29, 1.82) is 0 Å². The summed E-state index contributed by atoms with van der Waals surface area (Å²) in [6, 6.07) is 11.6. The quantitative estimate of drug-likeness (QED) is 0.753. The monoisotopic (exact) mass is 342 g/mol. The van der Waals surface area contributed by atoms with Gasteiger partial charge in [-0.1, -0.05) is 17.7 Å². The fraction of sp³-hybridized carbons (Fsp3) is 0.111. The number of fused-ring (bicyclic) bond motifs is 1. The van der Waals surface area contributed by atoms with Gasteiger partial charge < -0.3 is 15.0 Å². The first kappa shape index (κ1) is 16.1. The second-order valence-corrected chi connectivity index (χ2v) is 5.93. The molecular formula is C18H15ClN2O3. The molecule has 0 aliphatic carbocycles. The molecule has 3 aromatic rings. The average molecular weight is 343 g/mol. The molecule has 0 fully saturated rings. The first-order valence-corrected chi connectivity index (χ1v) is 7.65. The Bertz CT molecular complexity index is 959. The van der Waals surface area contributed by atoms with Gasteiger partial charge in [-0.25, -0.2) is 4.79 Å². The van der Waals surface area contributed by atoms with E-state index in [1.165, 1.54) is 12.1 Å². The zero-order valence-electron chi connectivity index (χ0n) is 13.1. The number of aromatic carboxylic acids is 1. The highest BCUT2D eigenvalue weighted by Crippen LogP contribution is 2.29. The van der Waals surface area contributed by atoms with E-state index in [4.69, 9.17) is 16.7 Å². The van der Waals surface area contributed by atoms with Gasteiger partial charge in [-0.2, -0.15) is 0 Å². The van der Waals surface area contributed by atoms with Crippen LogP contribution in [0.5, 0.6) is 0 Å². The zero-order valence-corrected chi connectivity index (χ0v) is 13.9. The number of carbonyl (C=O) groups excluding carboxylic acids is 1. The molecule has 0 radical (unpaired) electrons. The Kier molecular flexibility index (Phi) is 4.03. The van der Waals surface area contributed by atoms with Gasteiger partial charge in [-0.15, -0.1) is 0 Å². The maximum atomic E-state index is 12.5. The molecule has 1 aromatic heterocycles. The molecule has 0 bridgehead atoms. The van der Waals surface area contributed by atoms with Crippen LogP contribution in [-0.4, -0.2) is 21.6 Å². The Morgan fingerprint density at radius 2 is 1.79 bits per heavy atom. The average Bonchev–Trinajstić information content (AvgIpc) is 2.89. The van der Waals surface area contributed by atoms with Gasteiger partial charge in [0.15, 0.2) is 0 Å². The van der Waals surface area contributed by atoms with Crippen LogP contribution >= 0.6 is 11.6 Å². The summed E-state index contributed by atoms with van der Waals surface area (Å²) in [5.74, 6) is -1.29. The third kappa shape index (κ3) is 2.74. The number of benzene rings is 2. The van der Waals surface area contributed by atoms with Crippen molar-refractivity contribution in [3.05, 3.63) is 64.3 Å². The minimum Gasteiger partial charge on any atom is -0.478 e. The molecule has 5 nitrogen and oxygen atoms in total. The third-order valence-electron chi connectivity index (χ3n) is 3.98. The van der Waals surface area contributed by atoms with E-state index in [1.54, 1.807) is 29.8 Å². The molecule has 0 spiro atoms. The van der Waals surface area contributed by atoms with Gasteiger partial charge in [0.05, 0.1) is 10.6 Å². The second-order valence-electron chi connectivity index (χ2n) is 5.55. The van der Waals surface area contributed by atoms with Crippen LogP contribution < -0.4 is 5.32 Å². The number of carboxylic acid groups (broad SMARTS) is 1. The van der Waals surface area contributed by atoms with Crippen molar-refractivity contribution in [2.24, 2.45) is 7.05 Å². The predicted molar refractivity (Wildman–Crippen MR) is 94.0 cm³/mol. The Morgan fingerprint density at radius 3 is 2.42 bits per heavy atom. The van der Waals surface area contributed by atoms with Crippen molar-refractivity contribution in [2.75, 3.05) is 5.32 Å². The minimum absolute atomic E-state index is 0.167. The second kappa shape index (κ2) is 6.02. The maximum Gasteiger partial charge on any atom is 0.335 e. The molecular weight excluding hydrogens is 328 g/mol. The van der Waals surface area contributed by atoms with E-state index in [0.29, 0.717) is 16.4 Å². The fourth-order valence-electron chi connectivity index (χ4n) is 2.59. The lowest BCUT2D eigenvalue weighted by Gasteiger charge is -2.07.